The van der Waals surface area contributed by atoms with Crippen LogP contribution in [0, 0.1) is 0 Å². The van der Waals surface area contributed by atoms with Crippen molar-refractivity contribution in [2.75, 3.05) is 13.1 Å². The number of carbonyl (C=O) groups is 2. The van der Waals surface area contributed by atoms with E-state index >= 15 is 0 Å². The molecular formula is C10H16N2O2. The number of hydrogen-bond donors (Lipinski definition) is 1. The van der Waals surface area contributed by atoms with Crippen molar-refractivity contribution in [1.29, 1.82) is 0 Å². The maximum Gasteiger partial charge on any atom is 0.242 e. The molecule has 0 atom stereocenters. The van der Waals surface area contributed by atoms with Gasteiger partial charge in [0.05, 0.1) is 13.1 Å². The van der Waals surface area contributed by atoms with E-state index in [1.807, 2.05) is 0 Å². The van der Waals surface area contributed by atoms with E-state index in [4.69, 9.17) is 0 Å². The fraction of sp³-hybridized carbons (Fsp3) is 0.800. The second-order valence-electron chi connectivity index (χ2n) is 4.09. The predicted octanol–water partition coefficient (Wildman–Crippen LogP) is 0.277. The Bertz CT molecular complexity index is 247. The van der Waals surface area contributed by atoms with E-state index in [9.17, 15) is 9.59 Å². The third-order valence-corrected chi connectivity index (χ3v) is 3.09. The van der Waals surface area contributed by atoms with Crippen LogP contribution >= 0.6 is 0 Å². The van der Waals surface area contributed by atoms with Crippen LogP contribution in [0.2, 0.25) is 0 Å². The van der Waals surface area contributed by atoms with Crippen LogP contribution in [0.15, 0.2) is 0 Å². The average molecular weight is 196 g/mol. The minimum Gasteiger partial charge on any atom is -0.345 e. The minimum atomic E-state index is -0.0184. The number of carbonyl (C=O) groups excluding carboxylic acids is 2. The zero-order valence-corrected chi connectivity index (χ0v) is 8.29. The number of nitrogens with one attached hydrogen (secondary N) is 1. The Labute approximate surface area is 83.6 Å². The molecule has 1 aliphatic heterocycles. The van der Waals surface area contributed by atoms with E-state index in [2.05, 4.69) is 5.32 Å². The van der Waals surface area contributed by atoms with Gasteiger partial charge < -0.3 is 10.2 Å². The Hall–Kier alpha value is -1.06. The first-order valence-electron chi connectivity index (χ1n) is 5.33. The number of amides is 2. The maximum atomic E-state index is 11.6. The van der Waals surface area contributed by atoms with Crippen molar-refractivity contribution in [3.05, 3.63) is 0 Å². The molecule has 1 heterocycles. The van der Waals surface area contributed by atoms with Gasteiger partial charge in [0.2, 0.25) is 11.8 Å². The van der Waals surface area contributed by atoms with E-state index in [0.717, 1.165) is 12.8 Å². The third-order valence-electron chi connectivity index (χ3n) is 3.09. The van der Waals surface area contributed by atoms with E-state index in [1.165, 1.54) is 19.3 Å². The van der Waals surface area contributed by atoms with Crippen molar-refractivity contribution in [2.24, 2.45) is 0 Å². The first kappa shape index (κ1) is 9.49. The Morgan fingerprint density at radius 2 is 1.86 bits per heavy atom. The Morgan fingerprint density at radius 3 is 2.57 bits per heavy atom. The fourth-order valence-electron chi connectivity index (χ4n) is 2.30. The van der Waals surface area contributed by atoms with Gasteiger partial charge in [-0.2, -0.15) is 0 Å². The molecule has 2 amide bonds. The molecule has 14 heavy (non-hydrogen) atoms. The molecule has 1 saturated heterocycles. The smallest absolute Gasteiger partial charge is 0.242 e. The zero-order chi connectivity index (χ0) is 9.97. The van der Waals surface area contributed by atoms with Crippen molar-refractivity contribution < 1.29 is 9.59 Å². The zero-order valence-electron chi connectivity index (χ0n) is 8.29. The van der Waals surface area contributed by atoms with Crippen molar-refractivity contribution in [2.45, 2.75) is 38.1 Å². The molecule has 0 unspecified atom stereocenters. The number of piperazine rings is 1. The molecular weight excluding hydrogens is 180 g/mol. The largest absolute Gasteiger partial charge is 0.345 e. The van der Waals surface area contributed by atoms with Crippen LogP contribution in [-0.2, 0) is 9.59 Å². The first-order chi connectivity index (χ1) is 6.77. The summed E-state index contributed by atoms with van der Waals surface area (Å²) in [5.41, 5.74) is 0. The molecule has 0 aromatic heterocycles. The Morgan fingerprint density at radius 1 is 1.14 bits per heavy atom. The van der Waals surface area contributed by atoms with E-state index in [-0.39, 0.29) is 24.9 Å². The van der Waals surface area contributed by atoms with Crippen LogP contribution < -0.4 is 5.32 Å². The van der Waals surface area contributed by atoms with Crippen LogP contribution in [0.25, 0.3) is 0 Å². The van der Waals surface area contributed by atoms with Crippen LogP contribution in [0.1, 0.15) is 32.1 Å². The lowest BCUT2D eigenvalue weighted by molar-refractivity contribution is -0.143. The quantitative estimate of drug-likeness (QED) is 0.654. The highest BCUT2D eigenvalue weighted by Crippen LogP contribution is 2.23. The summed E-state index contributed by atoms with van der Waals surface area (Å²) < 4.78 is 0. The van der Waals surface area contributed by atoms with E-state index in [1.54, 1.807) is 4.90 Å². The molecule has 0 bridgehead atoms. The summed E-state index contributed by atoms with van der Waals surface area (Å²) in [6.07, 6.45) is 5.79. The molecule has 1 saturated carbocycles. The number of nitrogens with zero attached hydrogens (tertiary/aromatic N) is 1. The van der Waals surface area contributed by atoms with Gasteiger partial charge in [-0.15, -0.1) is 0 Å². The molecule has 1 aliphatic carbocycles. The van der Waals surface area contributed by atoms with Gasteiger partial charge in [0.25, 0.3) is 0 Å². The standard InChI is InChI=1S/C10H16N2O2/c13-9-7-12(10(14)6-11-9)8-4-2-1-3-5-8/h8H,1-7H2,(H,11,13). The molecule has 0 spiro atoms. The molecule has 2 aliphatic rings. The molecule has 4 heteroatoms. The molecule has 1 N–H and O–H groups in total. The first-order valence-corrected chi connectivity index (χ1v) is 5.33. The van der Waals surface area contributed by atoms with Crippen LogP contribution in [0.5, 0.6) is 0 Å². The topological polar surface area (TPSA) is 49.4 Å². The lowest BCUT2D eigenvalue weighted by Gasteiger charge is -2.36. The van der Waals surface area contributed by atoms with Crippen molar-refractivity contribution in [3.8, 4) is 0 Å². The highest BCUT2D eigenvalue weighted by atomic mass is 16.2. The summed E-state index contributed by atoms with van der Waals surface area (Å²) in [7, 11) is 0. The Kier molecular flexibility index (Phi) is 2.70. The maximum absolute atomic E-state index is 11.6. The molecule has 2 fully saturated rings. The monoisotopic (exact) mass is 196 g/mol. The van der Waals surface area contributed by atoms with Gasteiger partial charge in [0.1, 0.15) is 0 Å². The molecule has 4 nitrogen and oxygen atoms in total. The highest BCUT2D eigenvalue weighted by Gasteiger charge is 2.30. The summed E-state index contributed by atoms with van der Waals surface area (Å²) in [5, 5.41) is 2.57. The number of hydrogen-bond acceptors (Lipinski definition) is 2. The average Bonchev–Trinajstić information content (AvgIpc) is 2.23. The van der Waals surface area contributed by atoms with Crippen LogP contribution in [0.4, 0.5) is 0 Å². The van der Waals surface area contributed by atoms with Gasteiger partial charge in [0.15, 0.2) is 0 Å². The van der Waals surface area contributed by atoms with Crippen LogP contribution in [-0.4, -0.2) is 35.8 Å². The van der Waals surface area contributed by atoms with Gasteiger partial charge in [0, 0.05) is 6.04 Å². The van der Waals surface area contributed by atoms with Gasteiger partial charge in [-0.05, 0) is 12.8 Å². The summed E-state index contributed by atoms with van der Waals surface area (Å²) in [6, 6.07) is 0.322. The van der Waals surface area contributed by atoms with Crippen LogP contribution in [0.3, 0.4) is 0 Å². The van der Waals surface area contributed by atoms with Gasteiger partial charge >= 0.3 is 0 Å². The molecule has 0 radical (unpaired) electrons. The normalized spacial score (nSPS) is 25.0. The molecule has 78 valence electrons. The molecule has 0 aromatic carbocycles. The second-order valence-corrected chi connectivity index (χ2v) is 4.09. The minimum absolute atomic E-state index is 0.0184. The highest BCUT2D eigenvalue weighted by molar-refractivity contribution is 5.92. The van der Waals surface area contributed by atoms with Crippen molar-refractivity contribution in [3.63, 3.8) is 0 Å². The summed E-state index contributed by atoms with van der Waals surface area (Å²) in [6.45, 7) is 0.457. The van der Waals surface area contributed by atoms with E-state index < -0.39 is 0 Å². The number of rotatable bonds is 1. The molecule has 2 rings (SSSR count). The second kappa shape index (κ2) is 3.98. The summed E-state index contributed by atoms with van der Waals surface area (Å²) in [5.74, 6) is 0.0617. The Balaban J connectivity index is 1.99. The predicted molar refractivity (Wildman–Crippen MR) is 51.6 cm³/mol. The lowest BCUT2D eigenvalue weighted by Crippen LogP contribution is -2.55. The van der Waals surface area contributed by atoms with Gasteiger partial charge in [-0.1, -0.05) is 19.3 Å². The van der Waals surface area contributed by atoms with E-state index in [0.29, 0.717) is 6.04 Å². The lowest BCUT2D eigenvalue weighted by atomic mass is 9.94. The summed E-state index contributed by atoms with van der Waals surface area (Å²) in [4.78, 5) is 24.5. The van der Waals surface area contributed by atoms with Gasteiger partial charge in [-0.25, -0.2) is 0 Å². The third kappa shape index (κ3) is 1.89. The molecule has 0 aromatic rings. The van der Waals surface area contributed by atoms with Crippen molar-refractivity contribution >= 4 is 11.8 Å². The fourth-order valence-corrected chi connectivity index (χ4v) is 2.30. The van der Waals surface area contributed by atoms with Crippen molar-refractivity contribution in [1.82, 2.24) is 10.2 Å². The SMILES string of the molecule is O=C1CN(C2CCCCC2)C(=O)CN1. The van der Waals surface area contributed by atoms with Gasteiger partial charge in [-0.3, -0.25) is 9.59 Å². The summed E-state index contributed by atoms with van der Waals surface area (Å²) >= 11 is 0.